The molecule has 4 rings (SSSR count). The van der Waals surface area contributed by atoms with Crippen LogP contribution in [-0.4, -0.2) is 44.5 Å². The fourth-order valence-electron chi connectivity index (χ4n) is 3.33. The summed E-state index contributed by atoms with van der Waals surface area (Å²) < 4.78 is 14.3. The van der Waals surface area contributed by atoms with Crippen molar-refractivity contribution in [1.29, 1.82) is 0 Å². The Morgan fingerprint density at radius 2 is 2.03 bits per heavy atom. The normalized spacial score (nSPS) is 14.5. The van der Waals surface area contributed by atoms with Crippen molar-refractivity contribution in [2.75, 3.05) is 12.4 Å². The van der Waals surface area contributed by atoms with Gasteiger partial charge in [0.15, 0.2) is 0 Å². The first-order valence-corrected chi connectivity index (χ1v) is 9.35. The molecule has 0 bridgehead atoms. The van der Waals surface area contributed by atoms with Crippen LogP contribution in [0.15, 0.2) is 36.4 Å². The van der Waals surface area contributed by atoms with Crippen molar-refractivity contribution < 1.29 is 23.7 Å². The largest absolute Gasteiger partial charge is 0.370 e. The van der Waals surface area contributed by atoms with Gasteiger partial charge < -0.3 is 15.5 Å². The summed E-state index contributed by atoms with van der Waals surface area (Å²) in [6.07, 6.45) is 1.60. The number of amides is 1. The number of benzene rings is 2. The van der Waals surface area contributed by atoms with Crippen LogP contribution in [-0.2, 0) is 4.79 Å². The van der Waals surface area contributed by atoms with Gasteiger partial charge in [-0.15, -0.1) is 5.10 Å². The third kappa shape index (κ3) is 3.63. The highest BCUT2D eigenvalue weighted by Crippen LogP contribution is 2.36. The molecule has 0 radical (unpaired) electrons. The number of hydrogen-bond acceptors (Lipinski definition) is 8. The maximum Gasteiger partial charge on any atom is 0.360 e. The Morgan fingerprint density at radius 1 is 1.26 bits per heavy atom. The first-order valence-electron chi connectivity index (χ1n) is 9.35. The van der Waals surface area contributed by atoms with E-state index >= 15 is 0 Å². The minimum atomic E-state index is -1.13. The molecule has 1 fully saturated rings. The van der Waals surface area contributed by atoms with Gasteiger partial charge in [-0.2, -0.15) is 0 Å². The summed E-state index contributed by atoms with van der Waals surface area (Å²) in [6.45, 7) is 0. The molecular formula is C19H17FN6O5. The van der Waals surface area contributed by atoms with Crippen molar-refractivity contribution in [3.8, 4) is 0 Å². The molecule has 2 aromatic carbocycles. The third-order valence-electron chi connectivity index (χ3n) is 5.20. The highest BCUT2D eigenvalue weighted by Gasteiger charge is 2.47. The highest BCUT2D eigenvalue weighted by molar-refractivity contribution is 5.95. The topological polar surface area (TPSA) is 141 Å². The van der Waals surface area contributed by atoms with E-state index in [1.54, 1.807) is 0 Å². The fourth-order valence-corrected chi connectivity index (χ4v) is 3.33. The zero-order valence-corrected chi connectivity index (χ0v) is 16.3. The number of nitrogens with zero attached hydrogens (tertiary/aromatic N) is 4. The Kier molecular flexibility index (Phi) is 4.97. The van der Waals surface area contributed by atoms with E-state index in [1.165, 1.54) is 37.4 Å². The third-order valence-corrected chi connectivity index (χ3v) is 5.20. The lowest BCUT2D eigenvalue weighted by molar-refractivity contribution is -0.384. The summed E-state index contributed by atoms with van der Waals surface area (Å²) in [5.41, 5.74) is -0.649. The van der Waals surface area contributed by atoms with Crippen LogP contribution in [0.25, 0.3) is 11.0 Å². The molecule has 3 aromatic rings. The maximum absolute atomic E-state index is 14.3. The Labute approximate surface area is 174 Å². The molecule has 1 aromatic heterocycles. The van der Waals surface area contributed by atoms with Gasteiger partial charge in [0.2, 0.25) is 0 Å². The molecular weight excluding hydrogens is 411 g/mol. The van der Waals surface area contributed by atoms with Gasteiger partial charge in [-0.25, -0.2) is 9.18 Å². The first-order chi connectivity index (χ1) is 14.8. The van der Waals surface area contributed by atoms with Crippen molar-refractivity contribution in [3.05, 3.63) is 57.9 Å². The fraction of sp³-hybridized carbons (Fsp3) is 0.263. The van der Waals surface area contributed by atoms with Crippen molar-refractivity contribution in [3.63, 3.8) is 0 Å². The Morgan fingerprint density at radius 3 is 2.65 bits per heavy atom. The van der Waals surface area contributed by atoms with Crippen LogP contribution in [0.5, 0.6) is 0 Å². The van der Waals surface area contributed by atoms with E-state index < -0.39 is 28.2 Å². The minimum Gasteiger partial charge on any atom is -0.370 e. The first kappa shape index (κ1) is 20.2. The van der Waals surface area contributed by atoms with Crippen LogP contribution in [0.4, 0.5) is 15.8 Å². The number of carbonyl (C=O) groups excluding carboxylic acids is 2. The van der Waals surface area contributed by atoms with Crippen LogP contribution in [0.2, 0.25) is 0 Å². The number of carbonyl (C=O) groups is 2. The van der Waals surface area contributed by atoms with E-state index in [-0.39, 0.29) is 16.8 Å². The molecule has 11 nitrogen and oxygen atoms in total. The summed E-state index contributed by atoms with van der Waals surface area (Å²) in [6, 6.07) is 7.82. The Balaban J connectivity index is 1.57. The molecule has 1 aliphatic rings. The van der Waals surface area contributed by atoms with E-state index in [1.807, 2.05) is 0 Å². The predicted octanol–water partition coefficient (Wildman–Crippen LogP) is 1.83. The number of fused-ring (bicyclic) bond motifs is 1. The number of non-ortho nitro benzene ring substituents is 1. The molecule has 0 spiro atoms. The molecule has 0 atom stereocenters. The molecule has 1 amide bonds. The van der Waals surface area contributed by atoms with Crippen LogP contribution in [0, 0.1) is 15.9 Å². The quantitative estimate of drug-likeness (QED) is 0.344. The lowest BCUT2D eigenvalue weighted by Gasteiger charge is -2.40. The summed E-state index contributed by atoms with van der Waals surface area (Å²) in [5.74, 6) is -1.98. The number of halogens is 1. The monoisotopic (exact) mass is 428 g/mol. The molecule has 160 valence electrons. The van der Waals surface area contributed by atoms with Crippen molar-refractivity contribution >= 4 is 34.3 Å². The van der Waals surface area contributed by atoms with Gasteiger partial charge in [0.05, 0.1) is 10.5 Å². The number of nitro groups is 1. The van der Waals surface area contributed by atoms with Gasteiger partial charge in [-0.1, -0.05) is 4.85 Å². The lowest BCUT2D eigenvalue weighted by Crippen LogP contribution is -2.55. The van der Waals surface area contributed by atoms with Gasteiger partial charge in [-0.05, 0) is 48.7 Å². The number of rotatable bonds is 6. The second-order valence-electron chi connectivity index (χ2n) is 7.11. The molecule has 1 saturated carbocycles. The zero-order valence-electron chi connectivity index (χ0n) is 16.3. The summed E-state index contributed by atoms with van der Waals surface area (Å²) in [7, 11) is 1.40. The summed E-state index contributed by atoms with van der Waals surface area (Å²) >= 11 is 0. The van der Waals surface area contributed by atoms with Gasteiger partial charge in [0.1, 0.15) is 22.4 Å². The minimum absolute atomic E-state index is 0.117. The maximum atomic E-state index is 14.3. The Hall–Kier alpha value is -4.09. The SMILES string of the molecule is CNC(=O)c1ccc(NC2(C(=O)On3nnc4ccc([N+](=O)[O-])cc43)CCC2)cc1F. The van der Waals surface area contributed by atoms with E-state index in [2.05, 4.69) is 20.9 Å². The Bertz CT molecular complexity index is 1210. The molecule has 0 saturated heterocycles. The number of nitrogens with one attached hydrogen (secondary N) is 2. The highest BCUT2D eigenvalue weighted by atomic mass is 19.1. The average Bonchev–Trinajstić information content (AvgIpc) is 3.12. The summed E-state index contributed by atoms with van der Waals surface area (Å²) in [5, 5.41) is 23.9. The van der Waals surface area contributed by atoms with Crippen molar-refractivity contribution in [1.82, 2.24) is 20.5 Å². The average molecular weight is 428 g/mol. The van der Waals surface area contributed by atoms with Gasteiger partial charge in [0, 0.05) is 24.9 Å². The van der Waals surface area contributed by atoms with Gasteiger partial charge >= 0.3 is 5.97 Å². The molecule has 1 aliphatic carbocycles. The van der Waals surface area contributed by atoms with Crippen LogP contribution >= 0.6 is 0 Å². The summed E-state index contributed by atoms with van der Waals surface area (Å²) in [4.78, 5) is 41.2. The van der Waals surface area contributed by atoms with Crippen molar-refractivity contribution in [2.45, 2.75) is 24.8 Å². The second-order valence-corrected chi connectivity index (χ2v) is 7.11. The van der Waals surface area contributed by atoms with Crippen molar-refractivity contribution in [2.24, 2.45) is 0 Å². The van der Waals surface area contributed by atoms with E-state index in [0.717, 1.165) is 17.3 Å². The lowest BCUT2D eigenvalue weighted by atomic mass is 9.76. The molecule has 1 heterocycles. The molecule has 0 aliphatic heterocycles. The number of aromatic nitrogens is 3. The predicted molar refractivity (Wildman–Crippen MR) is 106 cm³/mol. The molecule has 31 heavy (non-hydrogen) atoms. The smallest absolute Gasteiger partial charge is 0.360 e. The standard InChI is InChI=1S/C19H17FN6O5/c1-21-17(27)13-5-3-11(9-14(13)20)22-19(7-2-8-19)18(28)31-25-16-10-12(26(29)30)4-6-15(16)23-24-25/h3-6,9-10,22H,2,7-8H2,1H3,(H,21,27). The number of nitro benzene ring substituents is 1. The number of anilines is 1. The van der Waals surface area contributed by atoms with E-state index in [0.29, 0.717) is 24.0 Å². The van der Waals surface area contributed by atoms with Crippen LogP contribution in [0.3, 0.4) is 0 Å². The van der Waals surface area contributed by atoms with E-state index in [4.69, 9.17) is 4.84 Å². The molecule has 0 unspecified atom stereocenters. The van der Waals surface area contributed by atoms with E-state index in [9.17, 15) is 24.1 Å². The van der Waals surface area contributed by atoms with Gasteiger partial charge in [0.25, 0.3) is 11.6 Å². The van der Waals surface area contributed by atoms with Gasteiger partial charge in [-0.3, -0.25) is 14.9 Å². The number of hydrogen-bond donors (Lipinski definition) is 2. The van der Waals surface area contributed by atoms with Crippen LogP contribution in [0.1, 0.15) is 29.6 Å². The zero-order chi connectivity index (χ0) is 22.2. The molecule has 2 N–H and O–H groups in total. The van der Waals surface area contributed by atoms with Crippen LogP contribution < -0.4 is 15.5 Å². The second kappa shape index (κ2) is 7.63. The molecule has 12 heteroatoms.